The maximum Gasteiger partial charge on any atom is 0.0666 e. The van der Waals surface area contributed by atoms with Crippen molar-refractivity contribution in [3.05, 3.63) is 30.1 Å². The summed E-state index contributed by atoms with van der Waals surface area (Å²) in [5.74, 6) is 0.0501. The Morgan fingerprint density at radius 2 is 2.36 bits per heavy atom. The molecule has 0 fully saturated rings. The summed E-state index contributed by atoms with van der Waals surface area (Å²) in [7, 11) is 0. The summed E-state index contributed by atoms with van der Waals surface area (Å²) < 4.78 is 0. The van der Waals surface area contributed by atoms with Crippen LogP contribution in [0.15, 0.2) is 24.5 Å². The fourth-order valence-electron chi connectivity index (χ4n) is 1.15. The summed E-state index contributed by atoms with van der Waals surface area (Å²) >= 11 is 0. The van der Waals surface area contributed by atoms with Gasteiger partial charge in [-0.05, 0) is 25.5 Å². The maximum absolute atomic E-state index is 8.62. The van der Waals surface area contributed by atoms with Gasteiger partial charge in [-0.3, -0.25) is 4.98 Å². The van der Waals surface area contributed by atoms with Crippen molar-refractivity contribution in [2.75, 3.05) is 6.54 Å². The van der Waals surface area contributed by atoms with Crippen molar-refractivity contribution in [3.8, 4) is 6.07 Å². The second kappa shape index (κ2) is 5.36. The van der Waals surface area contributed by atoms with Crippen LogP contribution in [0.3, 0.4) is 0 Å². The van der Waals surface area contributed by atoms with Gasteiger partial charge < -0.3 is 5.32 Å². The van der Waals surface area contributed by atoms with Gasteiger partial charge in [0, 0.05) is 25.0 Å². The van der Waals surface area contributed by atoms with Gasteiger partial charge in [0.25, 0.3) is 0 Å². The summed E-state index contributed by atoms with van der Waals surface area (Å²) in [6.45, 7) is 4.69. The van der Waals surface area contributed by atoms with Crippen LogP contribution in [-0.4, -0.2) is 11.5 Å². The van der Waals surface area contributed by atoms with Crippen LogP contribution in [-0.2, 0) is 0 Å². The molecular weight excluding hydrogens is 174 g/mol. The average molecular weight is 189 g/mol. The van der Waals surface area contributed by atoms with E-state index < -0.39 is 0 Å². The Morgan fingerprint density at radius 3 is 2.93 bits per heavy atom. The Kier molecular flexibility index (Phi) is 4.09. The zero-order valence-corrected chi connectivity index (χ0v) is 8.57. The third kappa shape index (κ3) is 3.15. The van der Waals surface area contributed by atoms with Crippen molar-refractivity contribution in [2.45, 2.75) is 19.9 Å². The van der Waals surface area contributed by atoms with E-state index in [1.807, 2.05) is 25.3 Å². The van der Waals surface area contributed by atoms with Gasteiger partial charge in [-0.25, -0.2) is 0 Å². The van der Waals surface area contributed by atoms with Crippen LogP contribution in [0.4, 0.5) is 0 Å². The van der Waals surface area contributed by atoms with Crippen molar-refractivity contribution in [3.63, 3.8) is 0 Å². The molecule has 0 aromatic carbocycles. The summed E-state index contributed by atoms with van der Waals surface area (Å²) in [5.41, 5.74) is 1.15. The predicted octanol–water partition coefficient (Wildman–Crippen LogP) is 1.89. The molecule has 0 amide bonds. The van der Waals surface area contributed by atoms with Crippen LogP contribution in [0.2, 0.25) is 0 Å². The number of nitriles is 1. The highest BCUT2D eigenvalue weighted by Gasteiger charge is 2.06. The first-order valence-electron chi connectivity index (χ1n) is 4.77. The molecule has 0 saturated carbocycles. The lowest BCUT2D eigenvalue weighted by Gasteiger charge is -2.14. The molecule has 3 heteroatoms. The number of hydrogen-bond acceptors (Lipinski definition) is 3. The highest BCUT2D eigenvalue weighted by Crippen LogP contribution is 2.09. The van der Waals surface area contributed by atoms with Crippen LogP contribution in [0.1, 0.15) is 25.5 Å². The first-order chi connectivity index (χ1) is 6.74. The van der Waals surface area contributed by atoms with E-state index in [1.54, 1.807) is 6.20 Å². The second-order valence-corrected chi connectivity index (χ2v) is 3.45. The molecule has 0 radical (unpaired) electrons. The fourth-order valence-corrected chi connectivity index (χ4v) is 1.15. The Bertz CT molecular complexity index is 302. The third-order valence-corrected chi connectivity index (χ3v) is 2.14. The van der Waals surface area contributed by atoms with Gasteiger partial charge in [0.2, 0.25) is 0 Å². The predicted molar refractivity (Wildman–Crippen MR) is 55.4 cm³/mol. The number of rotatable bonds is 4. The summed E-state index contributed by atoms with van der Waals surface area (Å²) in [6.07, 6.45) is 3.60. The topological polar surface area (TPSA) is 48.7 Å². The lowest BCUT2D eigenvalue weighted by molar-refractivity contribution is 0.527. The van der Waals surface area contributed by atoms with Gasteiger partial charge in [-0.2, -0.15) is 5.26 Å². The van der Waals surface area contributed by atoms with Crippen LogP contribution in [0.5, 0.6) is 0 Å². The van der Waals surface area contributed by atoms with E-state index in [9.17, 15) is 0 Å². The van der Waals surface area contributed by atoms with E-state index in [0.717, 1.165) is 5.56 Å². The van der Waals surface area contributed by atoms with Gasteiger partial charge in [-0.1, -0.05) is 6.07 Å². The highest BCUT2D eigenvalue weighted by molar-refractivity contribution is 5.12. The second-order valence-electron chi connectivity index (χ2n) is 3.45. The molecule has 1 aromatic rings. The van der Waals surface area contributed by atoms with Crippen molar-refractivity contribution >= 4 is 0 Å². The van der Waals surface area contributed by atoms with E-state index in [4.69, 9.17) is 5.26 Å². The minimum Gasteiger partial charge on any atom is -0.309 e. The molecule has 14 heavy (non-hydrogen) atoms. The lowest BCUT2D eigenvalue weighted by Crippen LogP contribution is -2.23. The maximum atomic E-state index is 8.62. The van der Waals surface area contributed by atoms with Crippen molar-refractivity contribution in [1.29, 1.82) is 5.26 Å². The van der Waals surface area contributed by atoms with Gasteiger partial charge in [0.1, 0.15) is 0 Å². The van der Waals surface area contributed by atoms with Crippen molar-refractivity contribution in [2.24, 2.45) is 5.92 Å². The molecule has 2 atom stereocenters. The Hall–Kier alpha value is -1.40. The largest absolute Gasteiger partial charge is 0.309 e. The van der Waals surface area contributed by atoms with Gasteiger partial charge >= 0.3 is 0 Å². The zero-order valence-electron chi connectivity index (χ0n) is 8.57. The minimum absolute atomic E-state index is 0.0501. The molecule has 1 N–H and O–H groups in total. The van der Waals surface area contributed by atoms with Gasteiger partial charge in [0.05, 0.1) is 12.0 Å². The molecule has 1 aromatic heterocycles. The standard InChI is InChI=1S/C11H15N3/c1-9(6-12)7-14-10(2)11-4-3-5-13-8-11/h3-5,8-10,14H,7H2,1-2H3/t9?,10-/m1/s1. The molecule has 74 valence electrons. The van der Waals surface area contributed by atoms with Crippen LogP contribution in [0.25, 0.3) is 0 Å². The minimum atomic E-state index is 0.0501. The van der Waals surface area contributed by atoms with Crippen LogP contribution < -0.4 is 5.32 Å². The quantitative estimate of drug-likeness (QED) is 0.786. The number of pyridine rings is 1. The van der Waals surface area contributed by atoms with Gasteiger partial charge in [0.15, 0.2) is 0 Å². The Morgan fingerprint density at radius 1 is 1.57 bits per heavy atom. The molecular formula is C11H15N3. The number of hydrogen-bond donors (Lipinski definition) is 1. The van der Waals surface area contributed by atoms with Crippen molar-refractivity contribution < 1.29 is 0 Å². The van der Waals surface area contributed by atoms with E-state index >= 15 is 0 Å². The van der Waals surface area contributed by atoms with Crippen LogP contribution in [0, 0.1) is 17.2 Å². The molecule has 0 saturated heterocycles. The monoisotopic (exact) mass is 189 g/mol. The number of nitrogens with zero attached hydrogens (tertiary/aromatic N) is 2. The molecule has 3 nitrogen and oxygen atoms in total. The summed E-state index contributed by atoms with van der Waals surface area (Å²) in [5, 5.41) is 11.9. The SMILES string of the molecule is CC(C#N)CN[C@H](C)c1cccnc1. The van der Waals surface area contributed by atoms with E-state index in [2.05, 4.69) is 23.3 Å². The molecule has 0 aliphatic rings. The van der Waals surface area contributed by atoms with E-state index in [1.165, 1.54) is 0 Å². The molecule has 0 aliphatic heterocycles. The smallest absolute Gasteiger partial charge is 0.0666 e. The van der Waals surface area contributed by atoms with Crippen molar-refractivity contribution in [1.82, 2.24) is 10.3 Å². The zero-order chi connectivity index (χ0) is 10.4. The molecule has 0 aliphatic carbocycles. The number of aromatic nitrogens is 1. The lowest BCUT2D eigenvalue weighted by atomic mass is 10.1. The Labute approximate surface area is 84.8 Å². The van der Waals surface area contributed by atoms with E-state index in [-0.39, 0.29) is 12.0 Å². The fraction of sp³-hybridized carbons (Fsp3) is 0.455. The average Bonchev–Trinajstić information content (AvgIpc) is 2.26. The van der Waals surface area contributed by atoms with Crippen LogP contribution >= 0.6 is 0 Å². The molecule has 0 spiro atoms. The molecule has 1 unspecified atom stereocenters. The third-order valence-electron chi connectivity index (χ3n) is 2.14. The highest BCUT2D eigenvalue weighted by atomic mass is 14.9. The Balaban J connectivity index is 2.44. The summed E-state index contributed by atoms with van der Waals surface area (Å²) in [4.78, 5) is 4.05. The summed E-state index contributed by atoms with van der Waals surface area (Å²) in [6, 6.07) is 6.39. The number of nitrogens with one attached hydrogen (secondary N) is 1. The molecule has 1 rings (SSSR count). The molecule has 1 heterocycles. The van der Waals surface area contributed by atoms with E-state index in [0.29, 0.717) is 6.54 Å². The first-order valence-corrected chi connectivity index (χ1v) is 4.77. The normalized spacial score (nSPS) is 14.4. The molecule has 0 bridgehead atoms. The first kappa shape index (κ1) is 10.7. The van der Waals surface area contributed by atoms with Gasteiger partial charge in [-0.15, -0.1) is 0 Å².